The molecular formula is C13H18S. The van der Waals surface area contributed by atoms with Crippen LogP contribution in [0, 0.1) is 0 Å². The first kappa shape index (κ1) is 11.4. The third kappa shape index (κ3) is 5.13. The zero-order chi connectivity index (χ0) is 10.1. The van der Waals surface area contributed by atoms with E-state index in [9.17, 15) is 0 Å². The number of benzene rings is 1. The van der Waals surface area contributed by atoms with Crippen molar-refractivity contribution in [3.63, 3.8) is 0 Å². The molecule has 0 aliphatic heterocycles. The Morgan fingerprint density at radius 2 is 1.93 bits per heavy atom. The van der Waals surface area contributed by atoms with Gasteiger partial charge in [0.05, 0.1) is 0 Å². The Labute approximate surface area is 91.4 Å². The highest BCUT2D eigenvalue weighted by Crippen LogP contribution is 2.18. The summed E-state index contributed by atoms with van der Waals surface area (Å²) in [6.45, 7) is 2.24. The maximum absolute atomic E-state index is 2.27. The summed E-state index contributed by atoms with van der Waals surface area (Å²) >= 11 is 1.80. The van der Waals surface area contributed by atoms with E-state index in [2.05, 4.69) is 48.7 Å². The topological polar surface area (TPSA) is 0 Å². The summed E-state index contributed by atoms with van der Waals surface area (Å²) < 4.78 is 0. The molecule has 0 radical (unpaired) electrons. The molecule has 0 saturated heterocycles. The molecule has 1 rings (SSSR count). The SMILES string of the molecule is CCCCC/C=C\Sc1ccccc1. The minimum absolute atomic E-state index is 1.22. The van der Waals surface area contributed by atoms with Gasteiger partial charge in [-0.15, -0.1) is 0 Å². The lowest BCUT2D eigenvalue weighted by Gasteiger charge is -1.94. The quantitative estimate of drug-likeness (QED) is 0.472. The van der Waals surface area contributed by atoms with Crippen LogP contribution in [0.4, 0.5) is 0 Å². The second-order valence-electron chi connectivity index (χ2n) is 3.30. The van der Waals surface area contributed by atoms with Crippen LogP contribution in [0.1, 0.15) is 32.6 Å². The molecular weight excluding hydrogens is 188 g/mol. The van der Waals surface area contributed by atoms with Gasteiger partial charge in [0, 0.05) is 4.90 Å². The molecule has 14 heavy (non-hydrogen) atoms. The Bertz CT molecular complexity index is 251. The zero-order valence-corrected chi connectivity index (χ0v) is 9.59. The van der Waals surface area contributed by atoms with E-state index >= 15 is 0 Å². The van der Waals surface area contributed by atoms with E-state index in [1.165, 1.54) is 30.6 Å². The monoisotopic (exact) mass is 206 g/mol. The van der Waals surface area contributed by atoms with Gasteiger partial charge in [-0.05, 0) is 30.4 Å². The highest BCUT2D eigenvalue weighted by molar-refractivity contribution is 8.02. The van der Waals surface area contributed by atoms with Gasteiger partial charge >= 0.3 is 0 Å². The summed E-state index contributed by atoms with van der Waals surface area (Å²) in [6.07, 6.45) is 7.46. The van der Waals surface area contributed by atoms with E-state index in [1.54, 1.807) is 11.8 Å². The van der Waals surface area contributed by atoms with Crippen molar-refractivity contribution in [2.45, 2.75) is 37.5 Å². The van der Waals surface area contributed by atoms with Gasteiger partial charge in [-0.2, -0.15) is 0 Å². The van der Waals surface area contributed by atoms with Crippen LogP contribution < -0.4 is 0 Å². The highest BCUT2D eigenvalue weighted by atomic mass is 32.2. The van der Waals surface area contributed by atoms with Crippen molar-refractivity contribution in [1.29, 1.82) is 0 Å². The van der Waals surface area contributed by atoms with E-state index in [0.29, 0.717) is 0 Å². The van der Waals surface area contributed by atoms with Gasteiger partial charge in [-0.25, -0.2) is 0 Å². The molecule has 0 atom stereocenters. The molecule has 0 saturated carbocycles. The lowest BCUT2D eigenvalue weighted by Crippen LogP contribution is -1.70. The van der Waals surface area contributed by atoms with E-state index in [4.69, 9.17) is 0 Å². The number of hydrogen-bond acceptors (Lipinski definition) is 1. The van der Waals surface area contributed by atoms with Crippen molar-refractivity contribution < 1.29 is 0 Å². The molecule has 0 fully saturated rings. The highest BCUT2D eigenvalue weighted by Gasteiger charge is 1.86. The van der Waals surface area contributed by atoms with Crippen molar-refractivity contribution in [2.75, 3.05) is 0 Å². The minimum atomic E-state index is 1.22. The lowest BCUT2D eigenvalue weighted by molar-refractivity contribution is 0.729. The van der Waals surface area contributed by atoms with Crippen LogP contribution >= 0.6 is 11.8 Å². The molecule has 0 unspecified atom stereocenters. The molecule has 0 bridgehead atoms. The van der Waals surface area contributed by atoms with Gasteiger partial charge in [-0.3, -0.25) is 0 Å². The van der Waals surface area contributed by atoms with Crippen molar-refractivity contribution in [3.05, 3.63) is 41.8 Å². The van der Waals surface area contributed by atoms with Gasteiger partial charge in [0.15, 0.2) is 0 Å². The van der Waals surface area contributed by atoms with Crippen molar-refractivity contribution in [3.8, 4) is 0 Å². The summed E-state index contributed by atoms with van der Waals surface area (Å²) in [4.78, 5) is 1.32. The molecule has 0 aromatic heterocycles. The van der Waals surface area contributed by atoms with Crippen LogP contribution in [-0.4, -0.2) is 0 Å². The summed E-state index contributed by atoms with van der Waals surface area (Å²) in [5, 5.41) is 2.20. The molecule has 1 heteroatoms. The second kappa shape index (κ2) is 7.69. The average Bonchev–Trinajstić information content (AvgIpc) is 2.25. The Kier molecular flexibility index (Phi) is 6.25. The van der Waals surface area contributed by atoms with Gasteiger partial charge < -0.3 is 0 Å². The molecule has 0 aliphatic rings. The summed E-state index contributed by atoms with van der Waals surface area (Å²) in [7, 11) is 0. The number of rotatable bonds is 6. The fraction of sp³-hybridized carbons (Fsp3) is 0.385. The maximum Gasteiger partial charge on any atom is 0.0116 e. The van der Waals surface area contributed by atoms with Crippen molar-refractivity contribution >= 4 is 11.8 Å². The van der Waals surface area contributed by atoms with E-state index < -0.39 is 0 Å². The first-order valence-corrected chi connectivity index (χ1v) is 6.18. The normalized spacial score (nSPS) is 10.9. The lowest BCUT2D eigenvalue weighted by atomic mass is 10.2. The minimum Gasteiger partial charge on any atom is -0.0984 e. The summed E-state index contributed by atoms with van der Waals surface area (Å²) in [5.74, 6) is 0. The Balaban J connectivity index is 2.14. The molecule has 0 aliphatic carbocycles. The van der Waals surface area contributed by atoms with E-state index in [1.807, 2.05) is 0 Å². The van der Waals surface area contributed by atoms with Gasteiger partial charge in [0.1, 0.15) is 0 Å². The smallest absolute Gasteiger partial charge is 0.0116 e. The number of allylic oxidation sites excluding steroid dienone is 1. The van der Waals surface area contributed by atoms with Crippen LogP contribution in [-0.2, 0) is 0 Å². The third-order valence-corrected chi connectivity index (χ3v) is 2.89. The van der Waals surface area contributed by atoms with Crippen molar-refractivity contribution in [2.24, 2.45) is 0 Å². The fourth-order valence-electron chi connectivity index (χ4n) is 1.21. The summed E-state index contributed by atoms with van der Waals surface area (Å²) in [5.41, 5.74) is 0. The molecule has 0 amide bonds. The first-order chi connectivity index (χ1) is 6.93. The predicted octanol–water partition coefficient (Wildman–Crippen LogP) is 4.87. The van der Waals surface area contributed by atoms with Crippen LogP contribution in [0.5, 0.6) is 0 Å². The Hall–Kier alpha value is -0.690. The van der Waals surface area contributed by atoms with Crippen LogP contribution in [0.3, 0.4) is 0 Å². The van der Waals surface area contributed by atoms with Gasteiger partial charge in [-0.1, -0.05) is 55.8 Å². The number of thioether (sulfide) groups is 1. The Morgan fingerprint density at radius 1 is 1.14 bits per heavy atom. The molecule has 1 aromatic rings. The third-order valence-electron chi connectivity index (χ3n) is 2.02. The fourth-order valence-corrected chi connectivity index (χ4v) is 1.91. The van der Waals surface area contributed by atoms with E-state index in [0.717, 1.165) is 0 Å². The van der Waals surface area contributed by atoms with Gasteiger partial charge in [0.25, 0.3) is 0 Å². The largest absolute Gasteiger partial charge is 0.0984 e. The predicted molar refractivity (Wildman–Crippen MR) is 65.6 cm³/mol. The van der Waals surface area contributed by atoms with Gasteiger partial charge in [0.2, 0.25) is 0 Å². The van der Waals surface area contributed by atoms with E-state index in [-0.39, 0.29) is 0 Å². The first-order valence-electron chi connectivity index (χ1n) is 5.30. The zero-order valence-electron chi connectivity index (χ0n) is 8.78. The standard InChI is InChI=1S/C13H18S/c1-2-3-4-5-9-12-14-13-10-7-6-8-11-13/h6-12H,2-5H2,1H3/b12-9-. The molecule has 0 N–H and O–H groups in total. The summed E-state index contributed by atoms with van der Waals surface area (Å²) in [6, 6.07) is 10.5. The van der Waals surface area contributed by atoms with Crippen LogP contribution in [0.25, 0.3) is 0 Å². The average molecular weight is 206 g/mol. The second-order valence-corrected chi connectivity index (χ2v) is 4.28. The number of hydrogen-bond donors (Lipinski definition) is 0. The molecule has 76 valence electrons. The number of unbranched alkanes of at least 4 members (excludes halogenated alkanes) is 3. The van der Waals surface area contributed by atoms with Crippen molar-refractivity contribution in [1.82, 2.24) is 0 Å². The molecule has 0 heterocycles. The molecule has 0 spiro atoms. The maximum atomic E-state index is 2.27. The van der Waals surface area contributed by atoms with Crippen LogP contribution in [0.15, 0.2) is 46.7 Å². The molecule has 1 aromatic carbocycles. The Morgan fingerprint density at radius 3 is 2.64 bits per heavy atom. The molecule has 0 nitrogen and oxygen atoms in total. The van der Waals surface area contributed by atoms with Crippen LogP contribution in [0.2, 0.25) is 0 Å².